The molecule has 0 saturated carbocycles. The Balaban J connectivity index is 1.03. The van der Waals surface area contributed by atoms with Crippen molar-refractivity contribution < 1.29 is 0 Å². The van der Waals surface area contributed by atoms with E-state index in [0.717, 1.165) is 45.5 Å². The van der Waals surface area contributed by atoms with Crippen molar-refractivity contribution in [3.63, 3.8) is 0 Å². The van der Waals surface area contributed by atoms with Crippen LogP contribution in [-0.2, 0) is 0 Å². The minimum absolute atomic E-state index is 1.05. The standard InChI is InChI=1S/C36H30N4/c1-3-7-29(8-4-1)37-33-19-23-35(24-20-33)39-31-15-11-27(12-16-31)28-13-17-32(18-14-28)40-36-25-21-34(22-26-36)38-30-9-5-2-6-10-30/h1-26,37-40H. The van der Waals surface area contributed by atoms with Gasteiger partial charge in [-0.15, -0.1) is 0 Å². The van der Waals surface area contributed by atoms with Crippen LogP contribution in [0, 0.1) is 0 Å². The number of hydrogen-bond donors (Lipinski definition) is 4. The summed E-state index contributed by atoms with van der Waals surface area (Å²) in [6.07, 6.45) is 0. The third kappa shape index (κ3) is 6.50. The summed E-state index contributed by atoms with van der Waals surface area (Å²) in [6, 6.07) is 54.0. The number of para-hydroxylation sites is 2. The van der Waals surface area contributed by atoms with Crippen LogP contribution in [0.3, 0.4) is 0 Å². The summed E-state index contributed by atoms with van der Waals surface area (Å²) in [5, 5.41) is 13.8. The van der Waals surface area contributed by atoms with Crippen molar-refractivity contribution in [2.24, 2.45) is 0 Å². The first kappa shape index (κ1) is 24.8. The predicted molar refractivity (Wildman–Crippen MR) is 171 cm³/mol. The van der Waals surface area contributed by atoms with Gasteiger partial charge in [0.05, 0.1) is 0 Å². The summed E-state index contributed by atoms with van der Waals surface area (Å²) in [7, 11) is 0. The molecule has 0 radical (unpaired) electrons. The summed E-state index contributed by atoms with van der Waals surface area (Å²) in [4.78, 5) is 0. The molecule has 0 aliphatic carbocycles. The zero-order chi connectivity index (χ0) is 27.0. The highest BCUT2D eigenvalue weighted by atomic mass is 14.9. The van der Waals surface area contributed by atoms with E-state index in [1.807, 2.05) is 36.4 Å². The average molecular weight is 519 g/mol. The lowest BCUT2D eigenvalue weighted by molar-refractivity contribution is 1.51. The van der Waals surface area contributed by atoms with Gasteiger partial charge in [0.2, 0.25) is 0 Å². The maximum absolute atomic E-state index is 3.49. The number of rotatable bonds is 9. The summed E-state index contributed by atoms with van der Waals surface area (Å²) in [5.74, 6) is 0. The second-order valence-electron chi connectivity index (χ2n) is 9.54. The van der Waals surface area contributed by atoms with Crippen molar-refractivity contribution in [2.45, 2.75) is 0 Å². The van der Waals surface area contributed by atoms with Crippen LogP contribution in [0.25, 0.3) is 11.1 Å². The van der Waals surface area contributed by atoms with Gasteiger partial charge in [-0.05, 0) is 108 Å². The van der Waals surface area contributed by atoms with Crippen molar-refractivity contribution in [3.8, 4) is 11.1 Å². The molecule has 6 rings (SSSR count). The van der Waals surface area contributed by atoms with Gasteiger partial charge in [-0.2, -0.15) is 0 Å². The van der Waals surface area contributed by atoms with E-state index in [9.17, 15) is 0 Å². The van der Waals surface area contributed by atoms with Gasteiger partial charge in [0, 0.05) is 45.5 Å². The molecule has 4 heteroatoms. The lowest BCUT2D eigenvalue weighted by atomic mass is 10.0. The normalized spacial score (nSPS) is 10.5. The first-order chi connectivity index (χ1) is 19.8. The molecule has 0 atom stereocenters. The fourth-order valence-electron chi connectivity index (χ4n) is 4.48. The van der Waals surface area contributed by atoms with Gasteiger partial charge in [-0.1, -0.05) is 60.7 Å². The highest BCUT2D eigenvalue weighted by Crippen LogP contribution is 2.27. The third-order valence-corrected chi connectivity index (χ3v) is 6.58. The molecule has 6 aromatic carbocycles. The van der Waals surface area contributed by atoms with Crippen LogP contribution in [0.4, 0.5) is 45.5 Å². The zero-order valence-corrected chi connectivity index (χ0v) is 22.0. The lowest BCUT2D eigenvalue weighted by Gasteiger charge is -2.11. The molecular weight excluding hydrogens is 488 g/mol. The first-order valence-electron chi connectivity index (χ1n) is 13.4. The smallest absolute Gasteiger partial charge is 0.0385 e. The second-order valence-corrected chi connectivity index (χ2v) is 9.54. The Hall–Kier alpha value is -5.48. The van der Waals surface area contributed by atoms with Crippen LogP contribution in [0.2, 0.25) is 0 Å². The number of hydrogen-bond acceptors (Lipinski definition) is 4. The Kier molecular flexibility index (Phi) is 7.40. The van der Waals surface area contributed by atoms with E-state index >= 15 is 0 Å². The molecule has 0 saturated heterocycles. The van der Waals surface area contributed by atoms with E-state index < -0.39 is 0 Å². The maximum Gasteiger partial charge on any atom is 0.0385 e. The van der Waals surface area contributed by atoms with Gasteiger partial charge in [-0.3, -0.25) is 0 Å². The lowest BCUT2D eigenvalue weighted by Crippen LogP contribution is -1.93. The van der Waals surface area contributed by atoms with Gasteiger partial charge in [0.25, 0.3) is 0 Å². The quantitative estimate of drug-likeness (QED) is 0.154. The van der Waals surface area contributed by atoms with Crippen LogP contribution < -0.4 is 21.3 Å². The monoisotopic (exact) mass is 518 g/mol. The molecule has 194 valence electrons. The molecule has 4 N–H and O–H groups in total. The van der Waals surface area contributed by atoms with Gasteiger partial charge in [0.15, 0.2) is 0 Å². The average Bonchev–Trinajstić information content (AvgIpc) is 3.01. The largest absolute Gasteiger partial charge is 0.356 e. The fraction of sp³-hybridized carbons (Fsp3) is 0. The molecule has 0 fully saturated rings. The summed E-state index contributed by atoms with van der Waals surface area (Å²) in [5.41, 5.74) is 10.8. The molecule has 0 amide bonds. The highest BCUT2D eigenvalue weighted by Gasteiger charge is 2.02. The summed E-state index contributed by atoms with van der Waals surface area (Å²) >= 11 is 0. The molecule has 0 spiro atoms. The van der Waals surface area contributed by atoms with E-state index in [0.29, 0.717) is 0 Å². The van der Waals surface area contributed by atoms with Crippen molar-refractivity contribution in [2.75, 3.05) is 21.3 Å². The van der Waals surface area contributed by atoms with Crippen molar-refractivity contribution >= 4 is 45.5 Å². The second kappa shape index (κ2) is 11.9. The van der Waals surface area contributed by atoms with Gasteiger partial charge in [0.1, 0.15) is 0 Å². The van der Waals surface area contributed by atoms with Gasteiger partial charge >= 0.3 is 0 Å². The molecular formula is C36H30N4. The molecule has 6 aromatic rings. The van der Waals surface area contributed by atoms with Crippen molar-refractivity contribution in [1.29, 1.82) is 0 Å². The van der Waals surface area contributed by atoms with Crippen LogP contribution >= 0.6 is 0 Å². The molecule has 0 unspecified atom stereocenters. The van der Waals surface area contributed by atoms with E-state index in [1.54, 1.807) is 0 Å². The van der Waals surface area contributed by atoms with Crippen LogP contribution in [0.1, 0.15) is 0 Å². The molecule has 0 aliphatic heterocycles. The van der Waals surface area contributed by atoms with Crippen molar-refractivity contribution in [1.82, 2.24) is 0 Å². The zero-order valence-electron chi connectivity index (χ0n) is 22.0. The SMILES string of the molecule is c1ccc(Nc2ccc(Nc3ccc(-c4ccc(Nc5ccc(Nc6ccccc6)cc5)cc4)cc3)cc2)cc1. The summed E-state index contributed by atoms with van der Waals surface area (Å²) in [6.45, 7) is 0. The van der Waals surface area contributed by atoms with Gasteiger partial charge < -0.3 is 21.3 Å². The van der Waals surface area contributed by atoms with Crippen LogP contribution in [-0.4, -0.2) is 0 Å². The van der Waals surface area contributed by atoms with Gasteiger partial charge in [-0.25, -0.2) is 0 Å². The Morgan fingerprint density at radius 2 is 0.400 bits per heavy atom. The predicted octanol–water partition coefficient (Wildman–Crippen LogP) is 10.3. The van der Waals surface area contributed by atoms with E-state index in [4.69, 9.17) is 0 Å². The molecule has 0 aliphatic rings. The molecule has 0 heterocycles. The minimum atomic E-state index is 1.05. The Bertz CT molecular complexity index is 1500. The number of benzene rings is 6. The maximum atomic E-state index is 3.49. The molecule has 0 bridgehead atoms. The fourth-order valence-corrected chi connectivity index (χ4v) is 4.48. The van der Waals surface area contributed by atoms with E-state index in [2.05, 4.69) is 143 Å². The number of anilines is 8. The molecule has 40 heavy (non-hydrogen) atoms. The van der Waals surface area contributed by atoms with E-state index in [1.165, 1.54) is 11.1 Å². The topological polar surface area (TPSA) is 48.1 Å². The Morgan fingerprint density at radius 3 is 0.650 bits per heavy atom. The molecule has 0 aromatic heterocycles. The first-order valence-corrected chi connectivity index (χ1v) is 13.4. The third-order valence-electron chi connectivity index (χ3n) is 6.58. The molecule has 4 nitrogen and oxygen atoms in total. The van der Waals surface area contributed by atoms with Crippen LogP contribution in [0.15, 0.2) is 158 Å². The summed E-state index contributed by atoms with van der Waals surface area (Å²) < 4.78 is 0. The Morgan fingerprint density at radius 1 is 0.200 bits per heavy atom. The van der Waals surface area contributed by atoms with Crippen molar-refractivity contribution in [3.05, 3.63) is 158 Å². The van der Waals surface area contributed by atoms with Crippen LogP contribution in [0.5, 0.6) is 0 Å². The Labute approximate surface area is 235 Å². The number of nitrogens with one attached hydrogen (secondary N) is 4. The highest BCUT2D eigenvalue weighted by molar-refractivity contribution is 5.72. The minimum Gasteiger partial charge on any atom is -0.356 e. The van der Waals surface area contributed by atoms with E-state index in [-0.39, 0.29) is 0 Å².